The summed E-state index contributed by atoms with van der Waals surface area (Å²) in [6, 6.07) is 4.39. The van der Waals surface area contributed by atoms with E-state index < -0.39 is 4.92 Å². The van der Waals surface area contributed by atoms with E-state index in [1.807, 2.05) is 0 Å². The summed E-state index contributed by atoms with van der Waals surface area (Å²) in [7, 11) is 1.63. The molecule has 0 saturated heterocycles. The SMILES string of the molecule is CN(C(=O)C1CCC1)c1ccc(Cl)c([N+](=O)[O-])c1. The van der Waals surface area contributed by atoms with Crippen molar-refractivity contribution in [3.63, 3.8) is 0 Å². The Kier molecular flexibility index (Phi) is 3.52. The van der Waals surface area contributed by atoms with Gasteiger partial charge < -0.3 is 4.90 Å². The molecule has 1 aromatic carbocycles. The Morgan fingerprint density at radius 3 is 2.67 bits per heavy atom. The normalized spacial score (nSPS) is 15.0. The highest BCUT2D eigenvalue weighted by Crippen LogP contribution is 2.32. The summed E-state index contributed by atoms with van der Waals surface area (Å²) in [4.78, 5) is 23.7. The van der Waals surface area contributed by atoms with Crippen molar-refractivity contribution >= 4 is 28.9 Å². The fourth-order valence-electron chi connectivity index (χ4n) is 1.91. The average molecular weight is 269 g/mol. The van der Waals surface area contributed by atoms with E-state index in [1.54, 1.807) is 13.1 Å². The van der Waals surface area contributed by atoms with E-state index in [0.717, 1.165) is 19.3 Å². The maximum Gasteiger partial charge on any atom is 0.289 e. The van der Waals surface area contributed by atoms with Gasteiger partial charge in [-0.2, -0.15) is 0 Å². The van der Waals surface area contributed by atoms with Crippen molar-refractivity contribution < 1.29 is 9.72 Å². The van der Waals surface area contributed by atoms with Gasteiger partial charge in [-0.05, 0) is 25.0 Å². The predicted octanol–water partition coefficient (Wildman–Crippen LogP) is 3.01. The van der Waals surface area contributed by atoms with Gasteiger partial charge in [-0.15, -0.1) is 0 Å². The van der Waals surface area contributed by atoms with Gasteiger partial charge in [-0.3, -0.25) is 14.9 Å². The summed E-state index contributed by atoms with van der Waals surface area (Å²) < 4.78 is 0. The Balaban J connectivity index is 2.24. The Morgan fingerprint density at radius 2 is 2.17 bits per heavy atom. The third-order valence-corrected chi connectivity index (χ3v) is 3.62. The summed E-state index contributed by atoms with van der Waals surface area (Å²) in [5.74, 6) is 0.0719. The van der Waals surface area contributed by atoms with E-state index in [0.29, 0.717) is 5.69 Å². The van der Waals surface area contributed by atoms with Crippen LogP contribution >= 0.6 is 11.6 Å². The Labute approximate surface area is 109 Å². The van der Waals surface area contributed by atoms with E-state index >= 15 is 0 Å². The first kappa shape index (κ1) is 12.8. The largest absolute Gasteiger partial charge is 0.315 e. The summed E-state index contributed by atoms with van der Waals surface area (Å²) in [6.45, 7) is 0. The smallest absolute Gasteiger partial charge is 0.289 e. The molecule has 0 spiro atoms. The van der Waals surface area contributed by atoms with Gasteiger partial charge in [-0.1, -0.05) is 18.0 Å². The molecule has 6 heteroatoms. The molecule has 0 radical (unpaired) electrons. The van der Waals surface area contributed by atoms with Crippen molar-refractivity contribution in [1.29, 1.82) is 0 Å². The summed E-state index contributed by atoms with van der Waals surface area (Å²) in [5, 5.41) is 10.9. The van der Waals surface area contributed by atoms with Gasteiger partial charge in [0.2, 0.25) is 5.91 Å². The van der Waals surface area contributed by atoms with Crippen LogP contribution in [0.25, 0.3) is 0 Å². The number of hydrogen-bond acceptors (Lipinski definition) is 3. The zero-order chi connectivity index (χ0) is 13.3. The third-order valence-electron chi connectivity index (χ3n) is 3.30. The van der Waals surface area contributed by atoms with Crippen LogP contribution in [0.4, 0.5) is 11.4 Å². The highest BCUT2D eigenvalue weighted by Gasteiger charge is 2.29. The number of carbonyl (C=O) groups excluding carboxylic acids is 1. The van der Waals surface area contributed by atoms with E-state index in [1.165, 1.54) is 17.0 Å². The van der Waals surface area contributed by atoms with Crippen molar-refractivity contribution in [3.05, 3.63) is 33.3 Å². The second kappa shape index (κ2) is 4.94. The van der Waals surface area contributed by atoms with Gasteiger partial charge in [0.25, 0.3) is 5.69 Å². The van der Waals surface area contributed by atoms with Crippen molar-refractivity contribution in [2.24, 2.45) is 5.92 Å². The number of amides is 1. The molecule has 0 atom stereocenters. The molecular weight excluding hydrogens is 256 g/mol. The predicted molar refractivity (Wildman–Crippen MR) is 68.9 cm³/mol. The minimum Gasteiger partial charge on any atom is -0.315 e. The van der Waals surface area contributed by atoms with Crippen LogP contribution in [0, 0.1) is 16.0 Å². The van der Waals surface area contributed by atoms with Crippen LogP contribution < -0.4 is 4.90 Å². The van der Waals surface area contributed by atoms with E-state index in [2.05, 4.69) is 0 Å². The van der Waals surface area contributed by atoms with Gasteiger partial charge in [-0.25, -0.2) is 0 Å². The molecule has 1 aliphatic carbocycles. The highest BCUT2D eigenvalue weighted by atomic mass is 35.5. The van der Waals surface area contributed by atoms with Crippen LogP contribution in [0.15, 0.2) is 18.2 Å². The number of anilines is 1. The lowest BCUT2D eigenvalue weighted by molar-refractivity contribution is -0.384. The first-order chi connectivity index (χ1) is 8.50. The van der Waals surface area contributed by atoms with Gasteiger partial charge in [0.15, 0.2) is 0 Å². The number of halogens is 1. The monoisotopic (exact) mass is 268 g/mol. The maximum absolute atomic E-state index is 12.0. The van der Waals surface area contributed by atoms with Crippen LogP contribution in [0.5, 0.6) is 0 Å². The molecule has 0 aliphatic heterocycles. The van der Waals surface area contributed by atoms with Gasteiger partial charge in [0.05, 0.1) is 10.6 Å². The fourth-order valence-corrected chi connectivity index (χ4v) is 2.09. The van der Waals surface area contributed by atoms with E-state index in [9.17, 15) is 14.9 Å². The van der Waals surface area contributed by atoms with Gasteiger partial charge in [0, 0.05) is 19.0 Å². The zero-order valence-corrected chi connectivity index (χ0v) is 10.7. The highest BCUT2D eigenvalue weighted by molar-refractivity contribution is 6.32. The van der Waals surface area contributed by atoms with Crippen LogP contribution in [0.1, 0.15) is 19.3 Å². The lowest BCUT2D eigenvalue weighted by atomic mass is 9.84. The van der Waals surface area contributed by atoms with Crippen LogP contribution in [-0.4, -0.2) is 17.9 Å². The number of carbonyl (C=O) groups is 1. The molecule has 0 aromatic heterocycles. The Hall–Kier alpha value is -1.62. The first-order valence-electron chi connectivity index (χ1n) is 5.72. The molecule has 2 rings (SSSR count). The van der Waals surface area contributed by atoms with Gasteiger partial charge in [0.1, 0.15) is 5.02 Å². The molecule has 5 nitrogen and oxygen atoms in total. The molecule has 1 aromatic rings. The molecule has 1 amide bonds. The number of nitrogens with zero attached hydrogens (tertiary/aromatic N) is 2. The average Bonchev–Trinajstić information content (AvgIpc) is 2.26. The molecule has 0 unspecified atom stereocenters. The number of nitro groups is 1. The summed E-state index contributed by atoms with van der Waals surface area (Å²) >= 11 is 5.73. The molecule has 1 aliphatic rings. The van der Waals surface area contributed by atoms with Crippen molar-refractivity contribution in [3.8, 4) is 0 Å². The molecule has 96 valence electrons. The molecule has 1 saturated carbocycles. The number of rotatable bonds is 3. The molecule has 18 heavy (non-hydrogen) atoms. The van der Waals surface area contributed by atoms with E-state index in [4.69, 9.17) is 11.6 Å². The van der Waals surface area contributed by atoms with Crippen LogP contribution in [-0.2, 0) is 4.79 Å². The lowest BCUT2D eigenvalue weighted by Crippen LogP contribution is -2.36. The minimum atomic E-state index is -0.548. The summed E-state index contributed by atoms with van der Waals surface area (Å²) in [6.07, 6.45) is 2.88. The fraction of sp³-hybridized carbons (Fsp3) is 0.417. The lowest BCUT2D eigenvalue weighted by Gasteiger charge is -2.29. The standard InChI is InChI=1S/C12H13ClN2O3/c1-14(12(16)8-3-2-4-8)9-5-6-10(13)11(7-9)15(17)18/h5-8H,2-4H2,1H3. The maximum atomic E-state index is 12.0. The molecule has 0 bridgehead atoms. The van der Waals surface area contributed by atoms with Crippen molar-refractivity contribution in [2.75, 3.05) is 11.9 Å². The van der Waals surface area contributed by atoms with E-state index in [-0.39, 0.29) is 22.5 Å². The second-order valence-corrected chi connectivity index (χ2v) is 4.83. The van der Waals surface area contributed by atoms with Gasteiger partial charge >= 0.3 is 0 Å². The topological polar surface area (TPSA) is 63.5 Å². The molecular formula is C12H13ClN2O3. The van der Waals surface area contributed by atoms with Crippen LogP contribution in [0.3, 0.4) is 0 Å². The van der Waals surface area contributed by atoms with Crippen molar-refractivity contribution in [1.82, 2.24) is 0 Å². The third kappa shape index (κ3) is 2.31. The molecule has 0 N–H and O–H groups in total. The second-order valence-electron chi connectivity index (χ2n) is 4.42. The van der Waals surface area contributed by atoms with Crippen LogP contribution in [0.2, 0.25) is 5.02 Å². The summed E-state index contributed by atoms with van der Waals surface area (Å²) in [5.41, 5.74) is 0.324. The number of benzene rings is 1. The zero-order valence-electron chi connectivity index (χ0n) is 9.93. The molecule has 0 heterocycles. The number of hydrogen-bond donors (Lipinski definition) is 0. The quantitative estimate of drug-likeness (QED) is 0.625. The first-order valence-corrected chi connectivity index (χ1v) is 6.10. The number of nitro benzene ring substituents is 1. The Bertz CT molecular complexity index is 500. The minimum absolute atomic E-state index is 0.0119. The van der Waals surface area contributed by atoms with Crippen molar-refractivity contribution in [2.45, 2.75) is 19.3 Å². The Morgan fingerprint density at radius 1 is 1.50 bits per heavy atom. The molecule has 1 fully saturated rings.